The number of fused-ring (bicyclic) bond motifs is 1. The van der Waals surface area contributed by atoms with E-state index in [0.717, 1.165) is 22.6 Å². The van der Waals surface area contributed by atoms with Crippen molar-refractivity contribution in [2.45, 2.75) is 18.2 Å². The number of nitrogens with one attached hydrogen (secondary N) is 1. The Kier molecular flexibility index (Phi) is 5.23. The molecule has 0 aliphatic heterocycles. The number of rotatable bonds is 6. The molecule has 0 amide bonds. The Bertz CT molecular complexity index is 1300. The average Bonchev–Trinajstić information content (AvgIpc) is 3.12. The Hall–Kier alpha value is -3.30. The minimum Gasteiger partial charge on any atom is -0.370 e. The maximum absolute atomic E-state index is 13.2. The molecule has 0 radical (unpaired) electrons. The summed E-state index contributed by atoms with van der Waals surface area (Å²) in [5, 5.41) is 13.1. The van der Waals surface area contributed by atoms with E-state index in [9.17, 15) is 12.8 Å². The molecule has 2 aromatic heterocycles. The van der Waals surface area contributed by atoms with Gasteiger partial charge in [0.2, 0.25) is 10.0 Å². The van der Waals surface area contributed by atoms with Gasteiger partial charge in [0.1, 0.15) is 11.6 Å². The third kappa shape index (κ3) is 4.32. The SMILES string of the molecule is Cc1cc(NCCc2ccc(S(N)(=O)=O)cc2)n2nc(-c3ccc(F)cc3)cc2n1. The number of aryl methyl sites for hydroxylation is 1. The van der Waals surface area contributed by atoms with Crippen LogP contribution >= 0.6 is 0 Å². The van der Waals surface area contributed by atoms with E-state index in [1.54, 1.807) is 28.8 Å². The quantitative estimate of drug-likeness (QED) is 0.494. The van der Waals surface area contributed by atoms with E-state index >= 15 is 0 Å². The normalized spacial score (nSPS) is 11.7. The summed E-state index contributed by atoms with van der Waals surface area (Å²) in [6.07, 6.45) is 0.680. The number of hydrogen-bond acceptors (Lipinski definition) is 5. The van der Waals surface area contributed by atoms with Crippen molar-refractivity contribution in [3.63, 3.8) is 0 Å². The molecule has 154 valence electrons. The van der Waals surface area contributed by atoms with Gasteiger partial charge in [-0.3, -0.25) is 0 Å². The number of nitrogens with two attached hydrogens (primary N) is 1. The molecule has 7 nitrogen and oxygen atoms in total. The molecule has 0 bridgehead atoms. The lowest BCUT2D eigenvalue weighted by molar-refractivity contribution is 0.597. The lowest BCUT2D eigenvalue weighted by Crippen LogP contribution is -2.12. The van der Waals surface area contributed by atoms with Crippen LogP contribution in [-0.4, -0.2) is 29.6 Å². The summed E-state index contributed by atoms with van der Waals surface area (Å²) in [4.78, 5) is 4.61. The molecule has 0 spiro atoms. The van der Waals surface area contributed by atoms with E-state index in [1.807, 2.05) is 19.1 Å². The molecule has 0 fully saturated rings. The number of primary sulfonamides is 1. The largest absolute Gasteiger partial charge is 0.370 e. The molecule has 2 heterocycles. The lowest BCUT2D eigenvalue weighted by atomic mass is 10.1. The fraction of sp³-hybridized carbons (Fsp3) is 0.143. The van der Waals surface area contributed by atoms with Gasteiger partial charge in [0, 0.05) is 29.9 Å². The number of anilines is 1. The number of hydrogen-bond donors (Lipinski definition) is 2. The Labute approximate surface area is 173 Å². The molecule has 0 atom stereocenters. The van der Waals surface area contributed by atoms with Crippen molar-refractivity contribution in [1.29, 1.82) is 0 Å². The third-order valence-electron chi connectivity index (χ3n) is 4.67. The summed E-state index contributed by atoms with van der Waals surface area (Å²) in [6.45, 7) is 2.51. The third-order valence-corrected chi connectivity index (χ3v) is 5.60. The molecule has 0 unspecified atom stereocenters. The molecular formula is C21H20FN5O2S. The standard InChI is InChI=1S/C21H20FN5O2S/c1-14-12-20(24-11-10-15-2-8-18(9-3-15)30(23,28)29)27-21(25-14)13-19(26-27)16-4-6-17(22)7-5-16/h2-9,12-13,24H,10-11H2,1H3,(H2,23,28,29). The van der Waals surface area contributed by atoms with E-state index < -0.39 is 10.0 Å². The first-order valence-electron chi connectivity index (χ1n) is 9.28. The van der Waals surface area contributed by atoms with Crippen LogP contribution in [0.4, 0.5) is 10.2 Å². The Morgan fingerprint density at radius 1 is 1.07 bits per heavy atom. The van der Waals surface area contributed by atoms with Crippen molar-refractivity contribution in [2.24, 2.45) is 5.14 Å². The first kappa shape index (κ1) is 20.0. The van der Waals surface area contributed by atoms with E-state index in [4.69, 9.17) is 5.14 Å². The number of benzene rings is 2. The summed E-state index contributed by atoms with van der Waals surface area (Å²) in [7, 11) is -3.69. The monoisotopic (exact) mass is 425 g/mol. The molecule has 0 saturated carbocycles. The summed E-state index contributed by atoms with van der Waals surface area (Å²) in [6, 6.07) is 16.4. The van der Waals surface area contributed by atoms with Gasteiger partial charge < -0.3 is 5.32 Å². The van der Waals surface area contributed by atoms with Crippen molar-refractivity contribution < 1.29 is 12.8 Å². The fourth-order valence-corrected chi connectivity index (χ4v) is 3.68. The molecular weight excluding hydrogens is 405 g/mol. The van der Waals surface area contributed by atoms with Crippen LogP contribution in [0.1, 0.15) is 11.3 Å². The minimum atomic E-state index is -3.69. The van der Waals surface area contributed by atoms with Gasteiger partial charge >= 0.3 is 0 Å². The van der Waals surface area contributed by atoms with Crippen LogP contribution < -0.4 is 10.5 Å². The molecule has 3 N–H and O–H groups in total. The smallest absolute Gasteiger partial charge is 0.238 e. The van der Waals surface area contributed by atoms with Gasteiger partial charge in [0.15, 0.2) is 5.65 Å². The number of sulfonamides is 1. The summed E-state index contributed by atoms with van der Waals surface area (Å²) >= 11 is 0. The van der Waals surface area contributed by atoms with Crippen LogP contribution in [0.15, 0.2) is 65.6 Å². The van der Waals surface area contributed by atoms with Gasteiger partial charge in [-0.05, 0) is 55.3 Å². The average molecular weight is 425 g/mol. The van der Waals surface area contributed by atoms with Crippen LogP contribution in [0.5, 0.6) is 0 Å². The second-order valence-corrected chi connectivity index (χ2v) is 8.52. The molecule has 4 aromatic rings. The van der Waals surface area contributed by atoms with Crippen molar-refractivity contribution in [3.05, 3.63) is 77.7 Å². The zero-order chi connectivity index (χ0) is 21.3. The maximum Gasteiger partial charge on any atom is 0.238 e. The second kappa shape index (κ2) is 7.85. The predicted octanol–water partition coefficient (Wildman–Crippen LogP) is 3.15. The minimum absolute atomic E-state index is 0.0931. The fourth-order valence-electron chi connectivity index (χ4n) is 3.17. The number of nitrogens with zero attached hydrogens (tertiary/aromatic N) is 3. The highest BCUT2D eigenvalue weighted by molar-refractivity contribution is 7.89. The van der Waals surface area contributed by atoms with Crippen molar-refractivity contribution in [1.82, 2.24) is 14.6 Å². The zero-order valence-corrected chi connectivity index (χ0v) is 17.0. The van der Waals surface area contributed by atoms with Gasteiger partial charge in [-0.15, -0.1) is 0 Å². The first-order valence-corrected chi connectivity index (χ1v) is 10.8. The van der Waals surface area contributed by atoms with E-state index in [-0.39, 0.29) is 10.7 Å². The van der Waals surface area contributed by atoms with Gasteiger partial charge in [-0.1, -0.05) is 12.1 Å². The summed E-state index contributed by atoms with van der Waals surface area (Å²) in [5.74, 6) is 0.489. The first-order chi connectivity index (χ1) is 14.3. The van der Waals surface area contributed by atoms with E-state index in [1.165, 1.54) is 24.3 Å². The molecule has 0 aliphatic rings. The van der Waals surface area contributed by atoms with E-state index in [2.05, 4.69) is 15.4 Å². The van der Waals surface area contributed by atoms with Crippen molar-refractivity contribution >= 4 is 21.5 Å². The Balaban J connectivity index is 1.53. The van der Waals surface area contributed by atoms with Gasteiger partial charge in [0.25, 0.3) is 0 Å². The maximum atomic E-state index is 13.2. The van der Waals surface area contributed by atoms with Crippen molar-refractivity contribution in [2.75, 3.05) is 11.9 Å². The summed E-state index contributed by atoms with van der Waals surface area (Å²) in [5.41, 5.74) is 4.02. The molecule has 30 heavy (non-hydrogen) atoms. The highest BCUT2D eigenvalue weighted by Gasteiger charge is 2.11. The molecule has 0 saturated heterocycles. The molecule has 2 aromatic carbocycles. The van der Waals surface area contributed by atoms with Gasteiger partial charge in [0.05, 0.1) is 10.6 Å². The molecule has 0 aliphatic carbocycles. The van der Waals surface area contributed by atoms with Crippen molar-refractivity contribution in [3.8, 4) is 11.3 Å². The highest BCUT2D eigenvalue weighted by atomic mass is 32.2. The molecule has 4 rings (SSSR count). The number of aromatic nitrogens is 3. The Morgan fingerprint density at radius 3 is 2.43 bits per heavy atom. The van der Waals surface area contributed by atoms with Gasteiger partial charge in [-0.2, -0.15) is 9.61 Å². The lowest BCUT2D eigenvalue weighted by Gasteiger charge is -2.09. The van der Waals surface area contributed by atoms with Crippen LogP contribution in [0.3, 0.4) is 0 Å². The van der Waals surface area contributed by atoms with Crippen LogP contribution in [-0.2, 0) is 16.4 Å². The Morgan fingerprint density at radius 2 is 1.77 bits per heavy atom. The zero-order valence-electron chi connectivity index (χ0n) is 16.2. The second-order valence-electron chi connectivity index (χ2n) is 6.95. The molecule has 9 heteroatoms. The van der Waals surface area contributed by atoms with Crippen LogP contribution in [0.25, 0.3) is 16.9 Å². The predicted molar refractivity (Wildman–Crippen MR) is 113 cm³/mol. The van der Waals surface area contributed by atoms with Crippen LogP contribution in [0.2, 0.25) is 0 Å². The topological polar surface area (TPSA) is 102 Å². The number of halogens is 1. The van der Waals surface area contributed by atoms with Gasteiger partial charge in [-0.25, -0.2) is 22.9 Å². The summed E-state index contributed by atoms with van der Waals surface area (Å²) < 4.78 is 37.6. The van der Waals surface area contributed by atoms with E-state index in [0.29, 0.717) is 24.3 Å². The van der Waals surface area contributed by atoms with Crippen LogP contribution in [0, 0.1) is 12.7 Å². The highest BCUT2D eigenvalue weighted by Crippen LogP contribution is 2.22.